The second kappa shape index (κ2) is 9.56. The highest BCUT2D eigenvalue weighted by Crippen LogP contribution is 2.30. The van der Waals surface area contributed by atoms with Gasteiger partial charge in [-0.15, -0.1) is 23.1 Å². The SMILES string of the molecule is O=C(NCCSc1ccccc1)C1CCCN(S(=O)(=O)c2ccc(Br)s2)C1. The van der Waals surface area contributed by atoms with Crippen molar-refractivity contribution in [2.45, 2.75) is 21.9 Å². The van der Waals surface area contributed by atoms with Gasteiger partial charge < -0.3 is 5.32 Å². The van der Waals surface area contributed by atoms with E-state index in [1.165, 1.54) is 20.5 Å². The summed E-state index contributed by atoms with van der Waals surface area (Å²) < 4.78 is 28.1. The molecule has 0 spiro atoms. The zero-order chi connectivity index (χ0) is 19.3. The Morgan fingerprint density at radius 1 is 1.26 bits per heavy atom. The van der Waals surface area contributed by atoms with Crippen LogP contribution in [0.1, 0.15) is 12.8 Å². The van der Waals surface area contributed by atoms with Crippen molar-refractivity contribution in [3.8, 4) is 0 Å². The van der Waals surface area contributed by atoms with Crippen LogP contribution in [0.4, 0.5) is 0 Å². The van der Waals surface area contributed by atoms with Gasteiger partial charge in [-0.05, 0) is 53.0 Å². The van der Waals surface area contributed by atoms with Gasteiger partial charge in [0.25, 0.3) is 10.0 Å². The van der Waals surface area contributed by atoms with Crippen LogP contribution >= 0.6 is 39.0 Å². The number of carbonyl (C=O) groups is 1. The highest BCUT2D eigenvalue weighted by molar-refractivity contribution is 9.11. The molecular weight excluding hydrogens is 468 g/mol. The molecule has 1 fully saturated rings. The third-order valence-corrected chi connectivity index (χ3v) is 9.28. The summed E-state index contributed by atoms with van der Waals surface area (Å²) in [6, 6.07) is 13.4. The Morgan fingerprint density at radius 2 is 2.04 bits per heavy atom. The maximum atomic E-state index is 12.8. The third kappa shape index (κ3) is 5.57. The molecule has 2 heterocycles. The topological polar surface area (TPSA) is 66.5 Å². The van der Waals surface area contributed by atoms with Gasteiger partial charge in [0.1, 0.15) is 4.21 Å². The number of piperidine rings is 1. The van der Waals surface area contributed by atoms with Gasteiger partial charge in [0, 0.05) is 30.3 Å². The van der Waals surface area contributed by atoms with Gasteiger partial charge in [-0.25, -0.2) is 8.42 Å². The number of thioether (sulfide) groups is 1. The van der Waals surface area contributed by atoms with Crippen molar-refractivity contribution in [2.75, 3.05) is 25.4 Å². The van der Waals surface area contributed by atoms with Crippen LogP contribution < -0.4 is 5.32 Å². The molecule has 0 saturated carbocycles. The van der Waals surface area contributed by atoms with Crippen LogP contribution in [-0.2, 0) is 14.8 Å². The van der Waals surface area contributed by atoms with Gasteiger partial charge in [0.05, 0.1) is 9.70 Å². The van der Waals surface area contributed by atoms with Gasteiger partial charge in [-0.3, -0.25) is 4.79 Å². The van der Waals surface area contributed by atoms with Crippen LogP contribution in [0.3, 0.4) is 0 Å². The van der Waals surface area contributed by atoms with E-state index in [2.05, 4.69) is 21.2 Å². The smallest absolute Gasteiger partial charge is 0.252 e. The van der Waals surface area contributed by atoms with Crippen LogP contribution in [0, 0.1) is 5.92 Å². The van der Waals surface area contributed by atoms with Gasteiger partial charge >= 0.3 is 0 Å². The quantitative estimate of drug-likeness (QED) is 0.475. The zero-order valence-electron chi connectivity index (χ0n) is 14.6. The molecule has 1 aliphatic rings. The molecule has 1 saturated heterocycles. The summed E-state index contributed by atoms with van der Waals surface area (Å²) in [4.78, 5) is 13.6. The predicted molar refractivity (Wildman–Crippen MR) is 114 cm³/mol. The Kier molecular flexibility index (Phi) is 7.38. The molecule has 5 nitrogen and oxygen atoms in total. The number of nitrogens with one attached hydrogen (secondary N) is 1. The third-order valence-electron chi connectivity index (χ3n) is 4.31. The lowest BCUT2D eigenvalue weighted by atomic mass is 9.99. The minimum atomic E-state index is -3.53. The van der Waals surface area contributed by atoms with E-state index in [9.17, 15) is 13.2 Å². The van der Waals surface area contributed by atoms with Crippen LogP contribution in [0.2, 0.25) is 0 Å². The molecule has 27 heavy (non-hydrogen) atoms. The van der Waals surface area contributed by atoms with E-state index in [0.717, 1.165) is 16.0 Å². The second-order valence-corrected chi connectivity index (χ2v) is 12.0. The average molecular weight is 489 g/mol. The number of hydrogen-bond acceptors (Lipinski definition) is 5. The van der Waals surface area contributed by atoms with E-state index in [0.29, 0.717) is 23.7 Å². The molecule has 1 atom stereocenters. The standard InChI is InChI=1S/C18H21BrN2O3S3/c19-16-8-9-17(26-16)27(23,24)21-11-4-5-14(13-21)18(22)20-10-12-25-15-6-2-1-3-7-15/h1-3,6-9,14H,4-5,10-13H2,(H,20,22). The van der Waals surface area contributed by atoms with Crippen LogP contribution in [0.15, 0.2) is 55.4 Å². The Balaban J connectivity index is 1.50. The van der Waals surface area contributed by atoms with E-state index in [-0.39, 0.29) is 18.4 Å². The summed E-state index contributed by atoms with van der Waals surface area (Å²) >= 11 is 6.19. The first-order valence-electron chi connectivity index (χ1n) is 8.68. The van der Waals surface area contributed by atoms with Crippen molar-refractivity contribution in [2.24, 2.45) is 5.92 Å². The lowest BCUT2D eigenvalue weighted by Crippen LogP contribution is -2.45. The Morgan fingerprint density at radius 3 is 2.74 bits per heavy atom. The number of sulfonamides is 1. The molecule has 1 unspecified atom stereocenters. The molecule has 0 bridgehead atoms. The summed E-state index contributed by atoms with van der Waals surface area (Å²) in [5.74, 6) is 0.433. The summed E-state index contributed by atoms with van der Waals surface area (Å²) in [6.07, 6.45) is 1.42. The lowest BCUT2D eigenvalue weighted by Gasteiger charge is -2.30. The molecule has 9 heteroatoms. The van der Waals surface area contributed by atoms with Gasteiger partial charge in [-0.2, -0.15) is 4.31 Å². The molecule has 146 valence electrons. The number of benzene rings is 1. The van der Waals surface area contributed by atoms with E-state index in [4.69, 9.17) is 0 Å². The monoisotopic (exact) mass is 488 g/mol. The molecule has 0 aliphatic carbocycles. The van der Waals surface area contributed by atoms with Crippen molar-refractivity contribution in [1.29, 1.82) is 0 Å². The molecule has 1 aromatic carbocycles. The fourth-order valence-electron chi connectivity index (χ4n) is 2.94. The number of hydrogen-bond donors (Lipinski definition) is 1. The molecule has 1 N–H and O–H groups in total. The zero-order valence-corrected chi connectivity index (χ0v) is 18.7. The summed E-state index contributed by atoms with van der Waals surface area (Å²) in [7, 11) is -3.53. The first-order valence-corrected chi connectivity index (χ1v) is 12.7. The Bertz CT molecular complexity index is 871. The highest BCUT2D eigenvalue weighted by atomic mass is 79.9. The Labute approximate surface area is 176 Å². The van der Waals surface area contributed by atoms with E-state index >= 15 is 0 Å². The number of carbonyl (C=O) groups excluding carboxylic acids is 1. The van der Waals surface area contributed by atoms with Gasteiger partial charge in [0.15, 0.2) is 0 Å². The Hall–Kier alpha value is -0.870. The van der Waals surface area contributed by atoms with Crippen molar-refractivity contribution in [3.63, 3.8) is 0 Å². The normalized spacial score (nSPS) is 18.3. The highest BCUT2D eigenvalue weighted by Gasteiger charge is 2.33. The van der Waals surface area contributed by atoms with Crippen molar-refractivity contribution in [3.05, 3.63) is 46.3 Å². The van der Waals surface area contributed by atoms with E-state index in [1.807, 2.05) is 30.3 Å². The number of halogens is 1. The number of amides is 1. The minimum Gasteiger partial charge on any atom is -0.355 e. The van der Waals surface area contributed by atoms with Crippen molar-refractivity contribution >= 4 is 55.0 Å². The summed E-state index contributed by atoms with van der Waals surface area (Å²) in [5, 5.41) is 2.95. The van der Waals surface area contributed by atoms with E-state index < -0.39 is 10.0 Å². The number of thiophene rings is 1. The molecule has 1 amide bonds. The molecule has 2 aromatic rings. The van der Waals surface area contributed by atoms with Crippen LogP contribution in [0.25, 0.3) is 0 Å². The second-order valence-electron chi connectivity index (χ2n) is 6.21. The van der Waals surface area contributed by atoms with Gasteiger partial charge in [0.2, 0.25) is 5.91 Å². The molecular formula is C18H21BrN2O3S3. The maximum absolute atomic E-state index is 12.8. The maximum Gasteiger partial charge on any atom is 0.252 e. The van der Waals surface area contributed by atoms with Crippen LogP contribution in [-0.4, -0.2) is 44.0 Å². The first kappa shape index (κ1) is 20.9. The molecule has 1 aliphatic heterocycles. The predicted octanol–water partition coefficient (Wildman–Crippen LogP) is 3.82. The van der Waals surface area contributed by atoms with Gasteiger partial charge in [-0.1, -0.05) is 18.2 Å². The largest absolute Gasteiger partial charge is 0.355 e. The number of rotatable bonds is 7. The minimum absolute atomic E-state index is 0.0593. The molecule has 1 aromatic heterocycles. The summed E-state index contributed by atoms with van der Waals surface area (Å²) in [5.41, 5.74) is 0. The lowest BCUT2D eigenvalue weighted by molar-refractivity contribution is -0.125. The van der Waals surface area contributed by atoms with Crippen molar-refractivity contribution < 1.29 is 13.2 Å². The average Bonchev–Trinajstić information content (AvgIpc) is 3.13. The fraction of sp³-hybridized carbons (Fsp3) is 0.389. The molecule has 3 rings (SSSR count). The van der Waals surface area contributed by atoms with Crippen LogP contribution in [0.5, 0.6) is 0 Å². The first-order chi connectivity index (χ1) is 13.0. The fourth-order valence-corrected chi connectivity index (χ4v) is 7.42. The van der Waals surface area contributed by atoms with E-state index in [1.54, 1.807) is 23.9 Å². The van der Waals surface area contributed by atoms with Crippen molar-refractivity contribution in [1.82, 2.24) is 9.62 Å². The summed E-state index contributed by atoms with van der Waals surface area (Å²) in [6.45, 7) is 1.28. The molecule has 0 radical (unpaired) electrons. The number of nitrogens with zero attached hydrogens (tertiary/aromatic N) is 1.